The van der Waals surface area contributed by atoms with Gasteiger partial charge >= 0.3 is 0 Å². The summed E-state index contributed by atoms with van der Waals surface area (Å²) in [6.07, 6.45) is 3.19. The average Bonchev–Trinajstić information content (AvgIpc) is 3.42. The van der Waals surface area contributed by atoms with E-state index in [4.69, 9.17) is 23.8 Å². The first-order valence-electron chi connectivity index (χ1n) is 14.4. The molecule has 4 aromatic rings. The number of pyridine rings is 1. The van der Waals surface area contributed by atoms with E-state index in [1.807, 2.05) is 55.5 Å². The predicted octanol–water partition coefficient (Wildman–Crippen LogP) is 6.30. The smallest absolute Gasteiger partial charge is 0.296 e. The van der Waals surface area contributed by atoms with Gasteiger partial charge in [-0.05, 0) is 55.7 Å². The summed E-state index contributed by atoms with van der Waals surface area (Å²) in [6.45, 7) is 6.16. The fraction of sp³-hybridized carbons (Fsp3) is 0.242. The Morgan fingerprint density at radius 3 is 2.40 bits per heavy atom. The van der Waals surface area contributed by atoms with Crippen LogP contribution in [0, 0.1) is 25.2 Å². The normalized spacial score (nSPS) is 14.0. The van der Waals surface area contributed by atoms with Crippen LogP contribution in [0.3, 0.4) is 0 Å². The van der Waals surface area contributed by atoms with Crippen LogP contribution in [-0.2, 0) is 24.9 Å². The molecular weight excluding hydrogens is 628 g/mol. The molecule has 2 aromatic carbocycles. The number of hydrogen-bond donors (Lipinski definition) is 1. The maximum Gasteiger partial charge on any atom is 0.296 e. The van der Waals surface area contributed by atoms with Crippen LogP contribution in [0.4, 0.5) is 11.5 Å². The third-order valence-electron chi connectivity index (χ3n) is 7.83. The van der Waals surface area contributed by atoms with E-state index in [1.54, 1.807) is 42.3 Å². The lowest BCUT2D eigenvalue weighted by Gasteiger charge is -2.20. The van der Waals surface area contributed by atoms with E-state index in [0.29, 0.717) is 52.9 Å². The number of para-hydroxylation sites is 1. The van der Waals surface area contributed by atoms with Crippen molar-refractivity contribution in [2.75, 3.05) is 10.2 Å². The fourth-order valence-corrected chi connectivity index (χ4v) is 6.76. The van der Waals surface area contributed by atoms with Crippen molar-refractivity contribution in [2.45, 2.75) is 46.7 Å². The number of halogens is 1. The molecule has 45 heavy (non-hydrogen) atoms. The van der Waals surface area contributed by atoms with Crippen LogP contribution in [0.25, 0.3) is 11.8 Å². The topological polar surface area (TPSA) is 105 Å². The molecule has 1 amide bonds. The number of thioether (sulfide) groups is 1. The van der Waals surface area contributed by atoms with Crippen molar-refractivity contribution in [2.24, 2.45) is 7.05 Å². The molecule has 1 aliphatic heterocycles. The molecule has 5 rings (SSSR count). The molecule has 0 unspecified atom stereocenters. The zero-order valence-electron chi connectivity index (χ0n) is 25.3. The first-order chi connectivity index (χ1) is 21.6. The number of rotatable bonds is 9. The highest BCUT2D eigenvalue weighted by molar-refractivity contribution is 8.27. The van der Waals surface area contributed by atoms with Gasteiger partial charge in [0.05, 0.1) is 16.3 Å². The summed E-state index contributed by atoms with van der Waals surface area (Å²) >= 11 is 13.2. The Balaban J connectivity index is 1.64. The Kier molecular flexibility index (Phi) is 9.48. The lowest BCUT2D eigenvalue weighted by Crippen LogP contribution is -2.33. The summed E-state index contributed by atoms with van der Waals surface area (Å²) < 4.78 is 4.95. The Morgan fingerprint density at radius 2 is 1.73 bits per heavy atom. The van der Waals surface area contributed by atoms with E-state index in [2.05, 4.69) is 11.4 Å². The van der Waals surface area contributed by atoms with Gasteiger partial charge in [0.2, 0.25) is 0 Å². The Morgan fingerprint density at radius 1 is 1.04 bits per heavy atom. The molecule has 1 fully saturated rings. The molecule has 9 nitrogen and oxygen atoms in total. The molecule has 1 aliphatic rings. The standard InChI is InChI=1S/C33H31ClN6O3S2/c1-5-6-16-38-29(36-19-22-12-10-11-15-26(22)34)24(20(2)25(18-35)30(38)41)17-27-31(42)39(33(44)45-27)28-21(3)37(4)40(32(28)43)23-13-8-7-9-14-23/h7-15,17,36H,5-6,16,19H2,1-4H3/b27-17+. The van der Waals surface area contributed by atoms with Gasteiger partial charge in [0.15, 0.2) is 4.32 Å². The van der Waals surface area contributed by atoms with Crippen molar-refractivity contribution in [1.82, 2.24) is 13.9 Å². The van der Waals surface area contributed by atoms with Crippen molar-refractivity contribution < 1.29 is 4.79 Å². The molecule has 230 valence electrons. The molecule has 2 aromatic heterocycles. The van der Waals surface area contributed by atoms with Gasteiger partial charge in [0, 0.05) is 30.7 Å². The van der Waals surface area contributed by atoms with Gasteiger partial charge in [-0.25, -0.2) is 4.68 Å². The number of nitriles is 1. The fourth-order valence-electron chi connectivity index (χ4n) is 5.31. The molecular formula is C33H31ClN6O3S2. The van der Waals surface area contributed by atoms with Gasteiger partial charge in [-0.2, -0.15) is 5.26 Å². The van der Waals surface area contributed by atoms with E-state index in [1.165, 1.54) is 9.58 Å². The van der Waals surface area contributed by atoms with Crippen molar-refractivity contribution in [3.8, 4) is 11.8 Å². The largest absolute Gasteiger partial charge is 0.367 e. The van der Waals surface area contributed by atoms with Gasteiger partial charge in [-0.15, -0.1) is 0 Å². The van der Waals surface area contributed by atoms with Crippen LogP contribution < -0.4 is 21.3 Å². The molecule has 0 atom stereocenters. The van der Waals surface area contributed by atoms with Gasteiger partial charge in [-0.1, -0.05) is 85.3 Å². The number of nitrogens with zero attached hydrogens (tertiary/aromatic N) is 5. The van der Waals surface area contributed by atoms with Crippen LogP contribution in [0.5, 0.6) is 0 Å². The van der Waals surface area contributed by atoms with E-state index in [9.17, 15) is 19.6 Å². The summed E-state index contributed by atoms with van der Waals surface area (Å²) in [6, 6.07) is 18.6. The van der Waals surface area contributed by atoms with Crippen LogP contribution in [-0.4, -0.2) is 24.2 Å². The number of anilines is 2. The Bertz CT molecular complexity index is 2020. The summed E-state index contributed by atoms with van der Waals surface area (Å²) in [5.41, 5.74) is 2.39. The minimum Gasteiger partial charge on any atom is -0.367 e. The van der Waals surface area contributed by atoms with Crippen LogP contribution >= 0.6 is 35.6 Å². The highest BCUT2D eigenvalue weighted by atomic mass is 35.5. The highest BCUT2D eigenvalue weighted by Gasteiger charge is 2.38. The predicted molar refractivity (Wildman–Crippen MR) is 185 cm³/mol. The third-order valence-corrected chi connectivity index (χ3v) is 9.50. The quantitative estimate of drug-likeness (QED) is 0.166. The summed E-state index contributed by atoms with van der Waals surface area (Å²) in [5, 5.41) is 13.9. The van der Waals surface area contributed by atoms with E-state index >= 15 is 0 Å². The number of carbonyl (C=O) groups excluding carboxylic acids is 1. The molecule has 0 aliphatic carbocycles. The first kappa shape index (κ1) is 32.0. The molecule has 1 N–H and O–H groups in total. The van der Waals surface area contributed by atoms with E-state index < -0.39 is 11.5 Å². The lowest BCUT2D eigenvalue weighted by molar-refractivity contribution is -0.113. The van der Waals surface area contributed by atoms with Gasteiger partial charge in [0.25, 0.3) is 17.0 Å². The molecule has 0 spiro atoms. The second-order valence-electron chi connectivity index (χ2n) is 10.6. The molecule has 3 heterocycles. The SMILES string of the molecule is CCCCn1c(NCc2ccccc2Cl)c(/C=C2/SC(=S)N(c3c(C)n(C)n(-c4ccccc4)c3=O)C2=O)c(C)c(C#N)c1=O. The number of nitrogens with one attached hydrogen (secondary N) is 1. The maximum atomic E-state index is 14.0. The molecule has 0 radical (unpaired) electrons. The third kappa shape index (κ3) is 5.89. The summed E-state index contributed by atoms with van der Waals surface area (Å²) in [4.78, 5) is 42.8. The molecule has 12 heteroatoms. The van der Waals surface area contributed by atoms with Gasteiger partial charge in [-0.3, -0.25) is 28.5 Å². The van der Waals surface area contributed by atoms with Gasteiger partial charge in [0.1, 0.15) is 23.1 Å². The van der Waals surface area contributed by atoms with Crippen molar-refractivity contribution in [3.05, 3.63) is 113 Å². The number of hydrogen-bond acceptors (Lipinski definition) is 7. The number of carbonyl (C=O) groups is 1. The van der Waals surface area contributed by atoms with Crippen LogP contribution in [0.1, 0.15) is 47.7 Å². The van der Waals surface area contributed by atoms with Gasteiger partial charge < -0.3 is 5.32 Å². The first-order valence-corrected chi connectivity index (χ1v) is 16.0. The molecule has 0 saturated carbocycles. The maximum absolute atomic E-state index is 14.0. The minimum absolute atomic E-state index is 0.000719. The second kappa shape index (κ2) is 13.3. The summed E-state index contributed by atoms with van der Waals surface area (Å²) in [5.74, 6) is 0.00902. The van der Waals surface area contributed by atoms with Crippen LogP contribution in [0.15, 0.2) is 69.1 Å². The van der Waals surface area contributed by atoms with Crippen LogP contribution in [0.2, 0.25) is 5.02 Å². The average molecular weight is 659 g/mol. The van der Waals surface area contributed by atoms with Crippen molar-refractivity contribution >= 4 is 63.4 Å². The molecule has 0 bridgehead atoms. The Labute approximate surface area is 275 Å². The summed E-state index contributed by atoms with van der Waals surface area (Å²) in [7, 11) is 1.75. The molecule has 1 saturated heterocycles. The monoisotopic (exact) mass is 658 g/mol. The number of aromatic nitrogens is 3. The minimum atomic E-state index is -0.461. The highest BCUT2D eigenvalue weighted by Crippen LogP contribution is 2.38. The Hall–Kier alpha value is -4.37. The van der Waals surface area contributed by atoms with Crippen molar-refractivity contribution in [1.29, 1.82) is 5.26 Å². The zero-order chi connectivity index (χ0) is 32.4. The van der Waals surface area contributed by atoms with Crippen molar-refractivity contribution in [3.63, 3.8) is 0 Å². The lowest BCUT2D eigenvalue weighted by atomic mass is 10.0. The number of benzene rings is 2. The number of amides is 1. The number of unbranched alkanes of at least 4 members (excludes halogenated alkanes) is 1. The van der Waals surface area contributed by atoms with E-state index in [0.717, 1.165) is 23.7 Å². The second-order valence-corrected chi connectivity index (χ2v) is 12.6. The van der Waals surface area contributed by atoms with E-state index in [-0.39, 0.29) is 26.0 Å². The zero-order valence-corrected chi connectivity index (χ0v) is 27.6. The number of thiocarbonyl (C=S) groups is 1.